The summed E-state index contributed by atoms with van der Waals surface area (Å²) in [5, 5.41) is 3.20. The normalized spacial score (nSPS) is 10.6. The van der Waals surface area contributed by atoms with Gasteiger partial charge in [-0.2, -0.15) is 6.07 Å². The zero-order valence-corrected chi connectivity index (χ0v) is 28.8. The van der Waals surface area contributed by atoms with Crippen molar-refractivity contribution in [3.63, 3.8) is 0 Å². The Hall–Kier alpha value is -2.69. The van der Waals surface area contributed by atoms with Gasteiger partial charge in [0.15, 0.2) is 0 Å². The van der Waals surface area contributed by atoms with E-state index in [2.05, 4.69) is 140 Å². The molecule has 0 bridgehead atoms. The molecule has 0 amide bonds. The fraction of sp³-hybridized carbons (Fsp3) is 0.105. The quantitative estimate of drug-likeness (QED) is 0.0748. The number of hydrogen-bond donors (Lipinski definition) is 0. The predicted molar refractivity (Wildman–Crippen MR) is 178 cm³/mol. The summed E-state index contributed by atoms with van der Waals surface area (Å²) < 4.78 is 0. The van der Waals surface area contributed by atoms with Gasteiger partial charge in [0.1, 0.15) is 0 Å². The molecule has 0 saturated heterocycles. The van der Waals surface area contributed by atoms with Gasteiger partial charge in [0.2, 0.25) is 0 Å². The van der Waals surface area contributed by atoms with E-state index in [1.165, 1.54) is 22.3 Å². The summed E-state index contributed by atoms with van der Waals surface area (Å²) in [7, 11) is -0.715. The molecule has 3 heteroatoms. The summed E-state index contributed by atoms with van der Waals surface area (Å²) in [6, 6.07) is 61.4. The number of hydrogen-bond acceptors (Lipinski definition) is 0. The summed E-state index contributed by atoms with van der Waals surface area (Å²) in [6.45, 7) is 0. The average molecular weight is 733 g/mol. The molecule has 0 aliphatic heterocycles. The smallest absolute Gasteiger partial charge is 0 e. The van der Waals surface area contributed by atoms with Gasteiger partial charge in [0.05, 0.1) is 0 Å². The van der Waals surface area contributed by atoms with Crippen LogP contribution in [0.5, 0.6) is 0 Å². The first kappa shape index (κ1) is 31.3. The van der Waals surface area contributed by atoms with Crippen LogP contribution in [0.15, 0.2) is 170 Å². The summed E-state index contributed by atoms with van der Waals surface area (Å²) in [6.07, 6.45) is 4.51. The first-order valence-corrected chi connectivity index (χ1v) is 17.4. The molecule has 0 fully saturated rings. The molecule has 41 heavy (non-hydrogen) atoms. The van der Waals surface area contributed by atoms with Crippen LogP contribution in [0.1, 0.15) is 22.3 Å². The maximum atomic E-state index is 2.43. The molecular formula is C38H36HfP2-6. The van der Waals surface area contributed by atoms with Crippen LogP contribution in [-0.2, 0) is 50.5 Å². The molecule has 0 radical (unpaired) electrons. The SMILES string of the molecule is [Hf].[cH-]1[cH-][cH-][cH-][cH-]1.c1ccc(CP(Cc2ccccc2)c2ccc[c-]2P(Cc2ccccc2)Cc2ccccc2)cc1. The molecule has 0 heterocycles. The van der Waals surface area contributed by atoms with Crippen molar-refractivity contribution in [1.82, 2.24) is 0 Å². The van der Waals surface area contributed by atoms with Crippen molar-refractivity contribution in [2.24, 2.45) is 0 Å². The Balaban J connectivity index is 0.000000584. The molecule has 6 aromatic carbocycles. The molecule has 0 unspecified atom stereocenters. The van der Waals surface area contributed by atoms with Gasteiger partial charge in [-0.25, -0.2) is 12.1 Å². The van der Waals surface area contributed by atoms with E-state index < -0.39 is 0 Å². The molecule has 0 spiro atoms. The van der Waals surface area contributed by atoms with E-state index in [1.807, 2.05) is 30.3 Å². The summed E-state index contributed by atoms with van der Waals surface area (Å²) in [5.41, 5.74) is 5.77. The van der Waals surface area contributed by atoms with Crippen LogP contribution in [0.25, 0.3) is 0 Å². The third kappa shape index (κ3) is 9.97. The monoisotopic (exact) mass is 734 g/mol. The minimum atomic E-state index is -0.358. The molecule has 0 N–H and O–H groups in total. The zero-order valence-electron chi connectivity index (χ0n) is 23.4. The number of rotatable bonds is 10. The van der Waals surface area contributed by atoms with Crippen LogP contribution in [0.3, 0.4) is 0 Å². The molecule has 0 atom stereocenters. The minimum absolute atomic E-state index is 0. The van der Waals surface area contributed by atoms with E-state index in [-0.39, 0.29) is 41.7 Å². The fourth-order valence-corrected chi connectivity index (χ4v) is 10.7. The molecule has 0 aromatic heterocycles. The Labute approximate surface area is 267 Å². The maximum Gasteiger partial charge on any atom is 0 e. The van der Waals surface area contributed by atoms with Gasteiger partial charge in [-0.05, 0) is 46.9 Å². The molecule has 208 valence electrons. The second-order valence-electron chi connectivity index (χ2n) is 9.91. The van der Waals surface area contributed by atoms with Gasteiger partial charge in [-0.1, -0.05) is 129 Å². The van der Waals surface area contributed by atoms with Crippen LogP contribution in [0.2, 0.25) is 0 Å². The second-order valence-corrected chi connectivity index (χ2v) is 14.3. The van der Waals surface area contributed by atoms with Crippen molar-refractivity contribution in [1.29, 1.82) is 0 Å². The van der Waals surface area contributed by atoms with Crippen LogP contribution < -0.4 is 10.6 Å². The van der Waals surface area contributed by atoms with Gasteiger partial charge < -0.3 is 30.3 Å². The fourth-order valence-electron chi connectivity index (χ4n) is 4.92. The Morgan fingerprint density at radius 2 is 0.756 bits per heavy atom. The number of benzene rings is 4. The van der Waals surface area contributed by atoms with Crippen molar-refractivity contribution >= 4 is 26.5 Å². The third-order valence-electron chi connectivity index (χ3n) is 6.87. The zero-order chi connectivity index (χ0) is 27.2. The standard InChI is InChI=1S/C33H31P2.C5H5.Hf/c1-5-14-28(15-6-1)24-34(25-29-16-7-2-8-17-29)32-22-13-23-33(32)35(26-30-18-9-3-10-19-30)27-31-20-11-4-12-21-31;1-2-4-5-3-1;/h1-23H,24-27H2;1-5H;/q-1;-5;. The third-order valence-corrected chi connectivity index (χ3v) is 12.2. The van der Waals surface area contributed by atoms with Gasteiger partial charge in [0.25, 0.3) is 0 Å². The molecule has 0 nitrogen and oxygen atoms in total. The Morgan fingerprint density at radius 3 is 1.12 bits per heavy atom. The first-order chi connectivity index (χ1) is 19.8. The summed E-state index contributed by atoms with van der Waals surface area (Å²) >= 11 is 0. The molecule has 0 saturated carbocycles. The van der Waals surface area contributed by atoms with E-state index in [9.17, 15) is 0 Å². The van der Waals surface area contributed by atoms with Gasteiger partial charge >= 0.3 is 0 Å². The Kier molecular flexibility index (Phi) is 13.2. The average Bonchev–Trinajstić information content (AvgIpc) is 3.75. The second kappa shape index (κ2) is 17.3. The Bertz CT molecular complexity index is 1280. The van der Waals surface area contributed by atoms with Crippen molar-refractivity contribution in [2.45, 2.75) is 24.6 Å². The van der Waals surface area contributed by atoms with Crippen molar-refractivity contribution in [3.8, 4) is 0 Å². The van der Waals surface area contributed by atoms with E-state index in [4.69, 9.17) is 0 Å². The van der Waals surface area contributed by atoms with E-state index in [0.717, 1.165) is 24.6 Å². The molecule has 0 aliphatic rings. The van der Waals surface area contributed by atoms with Crippen LogP contribution in [0.4, 0.5) is 0 Å². The van der Waals surface area contributed by atoms with Crippen molar-refractivity contribution < 1.29 is 25.8 Å². The largest absolute Gasteiger partial charge is 0.748 e. The summed E-state index contributed by atoms with van der Waals surface area (Å²) in [5.74, 6) is 0. The maximum absolute atomic E-state index is 2.43. The van der Waals surface area contributed by atoms with E-state index >= 15 is 0 Å². The van der Waals surface area contributed by atoms with E-state index in [1.54, 1.807) is 10.6 Å². The van der Waals surface area contributed by atoms with Gasteiger partial charge in [-0.3, -0.25) is 0 Å². The molecular weight excluding hydrogens is 697 g/mol. The Morgan fingerprint density at radius 1 is 0.415 bits per heavy atom. The van der Waals surface area contributed by atoms with Gasteiger partial charge in [0, 0.05) is 25.8 Å². The predicted octanol–water partition coefficient (Wildman–Crippen LogP) is 9.82. The van der Waals surface area contributed by atoms with Crippen molar-refractivity contribution in [2.75, 3.05) is 0 Å². The molecule has 0 aliphatic carbocycles. The molecule has 6 aromatic rings. The van der Waals surface area contributed by atoms with E-state index in [0.29, 0.717) is 0 Å². The topological polar surface area (TPSA) is 0 Å². The van der Waals surface area contributed by atoms with Gasteiger partial charge in [-0.15, -0.1) is 18.5 Å². The van der Waals surface area contributed by atoms with Crippen LogP contribution in [-0.4, -0.2) is 0 Å². The minimum Gasteiger partial charge on any atom is -0.748 e. The van der Waals surface area contributed by atoms with Crippen LogP contribution >= 0.6 is 15.8 Å². The summed E-state index contributed by atoms with van der Waals surface area (Å²) in [4.78, 5) is 0. The van der Waals surface area contributed by atoms with Crippen molar-refractivity contribution in [3.05, 3.63) is 192 Å². The first-order valence-electron chi connectivity index (χ1n) is 13.9. The van der Waals surface area contributed by atoms with Crippen LogP contribution in [0, 0.1) is 0 Å². The molecule has 6 rings (SSSR count).